The minimum absolute atomic E-state index is 0.582. The number of allylic oxidation sites excluding steroid dienone is 3. The Morgan fingerprint density at radius 2 is 2.05 bits per heavy atom. The molecule has 0 saturated carbocycles. The summed E-state index contributed by atoms with van der Waals surface area (Å²) in [7, 11) is 1.71. The van der Waals surface area contributed by atoms with E-state index in [1.807, 2.05) is 19.1 Å². The minimum atomic E-state index is 0.582. The highest BCUT2D eigenvalue weighted by molar-refractivity contribution is 5.27. The Bertz CT molecular complexity index is 433. The van der Waals surface area contributed by atoms with Crippen molar-refractivity contribution in [3.05, 3.63) is 54.1 Å². The van der Waals surface area contributed by atoms with E-state index >= 15 is 0 Å². The van der Waals surface area contributed by atoms with E-state index in [-0.39, 0.29) is 0 Å². The van der Waals surface area contributed by atoms with Crippen molar-refractivity contribution in [2.24, 2.45) is 0 Å². The molecule has 1 heterocycles. The Morgan fingerprint density at radius 3 is 2.74 bits per heavy atom. The third-order valence-electron chi connectivity index (χ3n) is 3.60. The number of methoxy groups -OCH3 is 1. The van der Waals surface area contributed by atoms with Crippen molar-refractivity contribution in [1.29, 1.82) is 0 Å². The summed E-state index contributed by atoms with van der Waals surface area (Å²) in [5.41, 5.74) is 1.35. The number of hydrogen-bond acceptors (Lipinski definition) is 2. The summed E-state index contributed by atoms with van der Waals surface area (Å²) in [5, 5.41) is 0. The number of benzene rings is 1. The van der Waals surface area contributed by atoms with Crippen LogP contribution in [0.4, 0.5) is 0 Å². The van der Waals surface area contributed by atoms with E-state index in [0.29, 0.717) is 6.04 Å². The molecule has 1 atom stereocenters. The van der Waals surface area contributed by atoms with Crippen LogP contribution in [-0.2, 0) is 6.54 Å². The Hall–Kier alpha value is -1.54. The Balaban J connectivity index is 1.96. The normalized spacial score (nSPS) is 20.6. The number of likely N-dealkylation sites (tertiary alicyclic amines) is 1. The van der Waals surface area contributed by atoms with Crippen molar-refractivity contribution in [2.75, 3.05) is 13.7 Å². The van der Waals surface area contributed by atoms with Crippen LogP contribution in [-0.4, -0.2) is 24.6 Å². The summed E-state index contributed by atoms with van der Waals surface area (Å²) >= 11 is 0. The summed E-state index contributed by atoms with van der Waals surface area (Å²) in [4.78, 5) is 2.54. The van der Waals surface area contributed by atoms with Crippen molar-refractivity contribution in [3.63, 3.8) is 0 Å². The van der Waals surface area contributed by atoms with Gasteiger partial charge in [-0.3, -0.25) is 4.90 Å². The molecule has 1 aliphatic rings. The predicted molar refractivity (Wildman–Crippen MR) is 80.4 cm³/mol. The van der Waals surface area contributed by atoms with Gasteiger partial charge in [0.2, 0.25) is 0 Å². The monoisotopic (exact) mass is 257 g/mol. The first kappa shape index (κ1) is 13.9. The second-order valence-corrected chi connectivity index (χ2v) is 4.94. The number of ether oxygens (including phenoxy) is 1. The van der Waals surface area contributed by atoms with Crippen LogP contribution in [0.1, 0.15) is 25.3 Å². The van der Waals surface area contributed by atoms with Crippen LogP contribution in [0, 0.1) is 0 Å². The molecule has 1 aromatic rings. The van der Waals surface area contributed by atoms with E-state index in [9.17, 15) is 0 Å². The highest BCUT2D eigenvalue weighted by Crippen LogP contribution is 2.22. The summed E-state index contributed by atoms with van der Waals surface area (Å²) in [5.74, 6) is 0.926. The van der Waals surface area contributed by atoms with Gasteiger partial charge < -0.3 is 4.74 Å². The zero-order valence-corrected chi connectivity index (χ0v) is 11.9. The van der Waals surface area contributed by atoms with Gasteiger partial charge >= 0.3 is 0 Å². The van der Waals surface area contributed by atoms with Crippen LogP contribution in [0.5, 0.6) is 5.75 Å². The third-order valence-corrected chi connectivity index (χ3v) is 3.60. The van der Waals surface area contributed by atoms with E-state index in [4.69, 9.17) is 4.74 Å². The number of nitrogens with zero attached hydrogens (tertiary/aromatic N) is 1. The van der Waals surface area contributed by atoms with Crippen LogP contribution in [0.25, 0.3) is 0 Å². The smallest absolute Gasteiger partial charge is 0.118 e. The summed E-state index contributed by atoms with van der Waals surface area (Å²) in [6, 6.07) is 8.97. The molecule has 1 saturated heterocycles. The Morgan fingerprint density at radius 1 is 1.26 bits per heavy atom. The van der Waals surface area contributed by atoms with Crippen LogP contribution < -0.4 is 4.74 Å². The molecule has 0 amide bonds. The number of rotatable bonds is 5. The highest BCUT2D eigenvalue weighted by Gasteiger charge is 2.21. The molecular weight excluding hydrogens is 234 g/mol. The zero-order chi connectivity index (χ0) is 13.5. The van der Waals surface area contributed by atoms with Crippen LogP contribution in [0.3, 0.4) is 0 Å². The average Bonchev–Trinajstić information content (AvgIpc) is 2.87. The Labute approximate surface area is 116 Å². The molecule has 0 radical (unpaired) electrons. The summed E-state index contributed by atoms with van der Waals surface area (Å²) in [6.45, 7) is 4.26. The second-order valence-electron chi connectivity index (χ2n) is 4.94. The van der Waals surface area contributed by atoms with Gasteiger partial charge in [-0.2, -0.15) is 0 Å². The van der Waals surface area contributed by atoms with Gasteiger partial charge in [-0.1, -0.05) is 36.4 Å². The van der Waals surface area contributed by atoms with Gasteiger partial charge in [-0.15, -0.1) is 0 Å². The standard InChI is InChI=1S/C17H23NO/c1-3-4-5-7-16-8-6-13-18(16)14-15-9-11-17(19-2)12-10-15/h3-5,7,9-12,16H,6,8,13-14H2,1-2H3/b4-3+,7-5+/t16-/m0/s1. The SMILES string of the molecule is C/C=C/C=C/[C@H]1CCCN1Cc1ccc(OC)cc1. The molecular formula is C17H23NO. The molecule has 0 aliphatic carbocycles. The second kappa shape index (κ2) is 7.15. The lowest BCUT2D eigenvalue weighted by Crippen LogP contribution is -2.27. The average molecular weight is 257 g/mol. The highest BCUT2D eigenvalue weighted by atomic mass is 16.5. The molecule has 0 N–H and O–H groups in total. The fraction of sp³-hybridized carbons (Fsp3) is 0.412. The molecule has 1 fully saturated rings. The van der Waals surface area contributed by atoms with Crippen molar-refractivity contribution < 1.29 is 4.74 Å². The first-order valence-corrected chi connectivity index (χ1v) is 7.00. The van der Waals surface area contributed by atoms with Gasteiger partial charge in [-0.25, -0.2) is 0 Å². The van der Waals surface area contributed by atoms with Crippen LogP contribution in [0.2, 0.25) is 0 Å². The molecule has 2 nitrogen and oxygen atoms in total. The summed E-state index contributed by atoms with van der Waals surface area (Å²) < 4.78 is 5.19. The summed E-state index contributed by atoms with van der Waals surface area (Å²) in [6.07, 6.45) is 11.2. The fourth-order valence-electron chi connectivity index (χ4n) is 2.54. The molecule has 0 unspecified atom stereocenters. The lowest BCUT2D eigenvalue weighted by Gasteiger charge is -2.21. The van der Waals surface area contributed by atoms with Crippen molar-refractivity contribution in [3.8, 4) is 5.75 Å². The lowest BCUT2D eigenvalue weighted by atomic mass is 10.1. The third kappa shape index (κ3) is 3.97. The van der Waals surface area contributed by atoms with E-state index < -0.39 is 0 Å². The molecule has 1 aliphatic heterocycles. The largest absolute Gasteiger partial charge is 0.497 e. The van der Waals surface area contributed by atoms with E-state index in [0.717, 1.165) is 12.3 Å². The molecule has 0 bridgehead atoms. The predicted octanol–water partition coefficient (Wildman–Crippen LogP) is 3.79. The van der Waals surface area contributed by atoms with Gasteiger partial charge in [0, 0.05) is 12.6 Å². The molecule has 0 aromatic heterocycles. The first-order chi connectivity index (χ1) is 9.33. The fourth-order valence-corrected chi connectivity index (χ4v) is 2.54. The van der Waals surface area contributed by atoms with Crippen LogP contribution >= 0.6 is 0 Å². The van der Waals surface area contributed by atoms with Gasteiger partial charge in [0.05, 0.1) is 7.11 Å². The number of hydrogen-bond donors (Lipinski definition) is 0. The van der Waals surface area contributed by atoms with E-state index in [2.05, 4.69) is 41.3 Å². The molecule has 2 rings (SSSR count). The topological polar surface area (TPSA) is 12.5 Å². The quantitative estimate of drug-likeness (QED) is 0.744. The maximum absolute atomic E-state index is 5.19. The molecule has 1 aromatic carbocycles. The van der Waals surface area contributed by atoms with Crippen molar-refractivity contribution >= 4 is 0 Å². The van der Waals surface area contributed by atoms with E-state index in [1.54, 1.807) is 7.11 Å². The first-order valence-electron chi connectivity index (χ1n) is 7.00. The van der Waals surface area contributed by atoms with Gasteiger partial charge in [0.15, 0.2) is 0 Å². The maximum Gasteiger partial charge on any atom is 0.118 e. The molecule has 0 spiro atoms. The molecule has 19 heavy (non-hydrogen) atoms. The van der Waals surface area contributed by atoms with Gasteiger partial charge in [-0.05, 0) is 44.0 Å². The van der Waals surface area contributed by atoms with Gasteiger partial charge in [0.25, 0.3) is 0 Å². The van der Waals surface area contributed by atoms with Crippen molar-refractivity contribution in [2.45, 2.75) is 32.4 Å². The van der Waals surface area contributed by atoms with E-state index in [1.165, 1.54) is 24.9 Å². The lowest BCUT2D eigenvalue weighted by molar-refractivity contribution is 0.281. The minimum Gasteiger partial charge on any atom is -0.497 e. The molecule has 102 valence electrons. The Kier molecular flexibility index (Phi) is 5.22. The van der Waals surface area contributed by atoms with Gasteiger partial charge in [0.1, 0.15) is 5.75 Å². The zero-order valence-electron chi connectivity index (χ0n) is 11.9. The van der Waals surface area contributed by atoms with Crippen molar-refractivity contribution in [1.82, 2.24) is 4.90 Å². The molecule has 2 heteroatoms. The maximum atomic E-state index is 5.19. The van der Waals surface area contributed by atoms with Crippen LogP contribution in [0.15, 0.2) is 48.6 Å².